The summed E-state index contributed by atoms with van der Waals surface area (Å²) in [5.41, 5.74) is 2.95. The summed E-state index contributed by atoms with van der Waals surface area (Å²) in [7, 11) is 0. The Kier molecular flexibility index (Phi) is 4.14. The highest BCUT2D eigenvalue weighted by molar-refractivity contribution is 9.10. The van der Waals surface area contributed by atoms with Gasteiger partial charge in [-0.15, -0.1) is 11.3 Å². The Morgan fingerprint density at radius 3 is 2.90 bits per heavy atom. The van der Waals surface area contributed by atoms with Crippen molar-refractivity contribution in [2.24, 2.45) is 0 Å². The highest BCUT2D eigenvalue weighted by atomic mass is 79.9. The Balaban J connectivity index is 1.69. The number of ether oxygens (including phenoxy) is 1. The minimum atomic E-state index is -0.441. The lowest BCUT2D eigenvalue weighted by molar-refractivity contribution is 0.175. The molecule has 0 saturated heterocycles. The molecule has 0 amide bonds. The van der Waals surface area contributed by atoms with Gasteiger partial charge in [0.1, 0.15) is 11.6 Å². The summed E-state index contributed by atoms with van der Waals surface area (Å²) >= 11 is 11.4. The first-order chi connectivity index (χ1) is 14.5. The van der Waals surface area contributed by atoms with E-state index in [1.165, 1.54) is 18.9 Å². The van der Waals surface area contributed by atoms with E-state index in [1.807, 2.05) is 35.0 Å². The molecule has 1 aliphatic heterocycles. The van der Waals surface area contributed by atoms with Crippen LogP contribution < -0.4 is 4.74 Å². The fourth-order valence-corrected chi connectivity index (χ4v) is 5.87. The summed E-state index contributed by atoms with van der Waals surface area (Å²) in [6.45, 7) is 4.01. The van der Waals surface area contributed by atoms with Crippen LogP contribution in [0.5, 0.6) is 5.75 Å². The maximum atomic E-state index is 15.2. The highest BCUT2D eigenvalue weighted by Gasteiger charge is 2.36. The average Bonchev–Trinajstić information content (AvgIpc) is 3.35. The van der Waals surface area contributed by atoms with Gasteiger partial charge in [0, 0.05) is 32.6 Å². The van der Waals surface area contributed by atoms with Crippen LogP contribution in [0.15, 0.2) is 47.6 Å². The molecule has 1 fully saturated rings. The van der Waals surface area contributed by atoms with Gasteiger partial charge < -0.3 is 4.74 Å². The first-order valence-corrected chi connectivity index (χ1v) is 11.6. The number of hydrogen-bond donors (Lipinski definition) is 0. The van der Waals surface area contributed by atoms with Gasteiger partial charge in [0.25, 0.3) is 0 Å². The van der Waals surface area contributed by atoms with Crippen molar-refractivity contribution in [2.75, 3.05) is 0 Å². The third kappa shape index (κ3) is 2.70. The van der Waals surface area contributed by atoms with Crippen LogP contribution in [-0.2, 0) is 0 Å². The maximum absolute atomic E-state index is 15.2. The first-order valence-electron chi connectivity index (χ1n) is 9.62. The van der Waals surface area contributed by atoms with E-state index in [-0.39, 0.29) is 5.82 Å². The number of aromatic nitrogens is 2. The van der Waals surface area contributed by atoms with Crippen LogP contribution in [0, 0.1) is 5.82 Å². The first kappa shape index (κ1) is 18.6. The van der Waals surface area contributed by atoms with Crippen molar-refractivity contribution in [2.45, 2.75) is 25.0 Å². The number of fused-ring (bicyclic) bond motifs is 5. The zero-order chi connectivity index (χ0) is 20.6. The van der Waals surface area contributed by atoms with Crippen LogP contribution in [-0.4, -0.2) is 9.55 Å². The Labute approximate surface area is 189 Å². The minimum Gasteiger partial charge on any atom is -0.464 e. The Morgan fingerprint density at radius 2 is 2.13 bits per heavy atom. The molecule has 0 N–H and O–H groups in total. The molecule has 1 saturated carbocycles. The van der Waals surface area contributed by atoms with E-state index >= 15 is 4.39 Å². The van der Waals surface area contributed by atoms with Crippen molar-refractivity contribution in [3.8, 4) is 17.0 Å². The number of thiazole rings is 1. The lowest BCUT2D eigenvalue weighted by Crippen LogP contribution is -2.22. The summed E-state index contributed by atoms with van der Waals surface area (Å²) in [6, 6.07) is 8.97. The third-order valence-electron chi connectivity index (χ3n) is 5.65. The molecule has 1 atom stereocenters. The molecule has 3 heterocycles. The number of hydrogen-bond acceptors (Lipinski definition) is 3. The van der Waals surface area contributed by atoms with Gasteiger partial charge in [0.05, 0.1) is 26.7 Å². The van der Waals surface area contributed by atoms with Crippen molar-refractivity contribution in [3.63, 3.8) is 0 Å². The fraction of sp³-hybridized carbons (Fsp3) is 0.174. The normalized spacial score (nSPS) is 17.5. The molecule has 6 rings (SSSR count). The summed E-state index contributed by atoms with van der Waals surface area (Å²) in [5, 5.41) is 2.68. The second-order valence-corrected chi connectivity index (χ2v) is 10.0. The molecule has 1 aliphatic carbocycles. The maximum Gasteiger partial charge on any atom is 0.213 e. The summed E-state index contributed by atoms with van der Waals surface area (Å²) in [5.74, 6) is 0.714. The monoisotopic (exact) mass is 500 g/mol. The lowest BCUT2D eigenvalue weighted by Gasteiger charge is -2.30. The van der Waals surface area contributed by atoms with Crippen molar-refractivity contribution < 1.29 is 9.13 Å². The Hall–Kier alpha value is -2.15. The molecule has 4 aromatic rings. The van der Waals surface area contributed by atoms with Crippen molar-refractivity contribution in [1.82, 2.24) is 9.55 Å². The van der Waals surface area contributed by atoms with Crippen LogP contribution >= 0.6 is 38.9 Å². The molecule has 0 bridgehead atoms. The topological polar surface area (TPSA) is 27.1 Å². The zero-order valence-electron chi connectivity index (χ0n) is 15.7. The molecule has 2 aromatic carbocycles. The summed E-state index contributed by atoms with van der Waals surface area (Å²) in [4.78, 5) is 5.63. The van der Waals surface area contributed by atoms with Crippen LogP contribution in [0.1, 0.15) is 40.4 Å². The smallest absolute Gasteiger partial charge is 0.213 e. The molecule has 2 aromatic heterocycles. The minimum absolute atomic E-state index is 0.348. The molecule has 3 nitrogen and oxygen atoms in total. The molecule has 0 radical (unpaired) electrons. The van der Waals surface area contributed by atoms with Crippen LogP contribution in [0.3, 0.4) is 0 Å². The zero-order valence-corrected chi connectivity index (χ0v) is 18.8. The van der Waals surface area contributed by atoms with E-state index < -0.39 is 6.23 Å². The van der Waals surface area contributed by atoms with Crippen molar-refractivity contribution >= 4 is 55.8 Å². The van der Waals surface area contributed by atoms with Gasteiger partial charge >= 0.3 is 0 Å². The quantitative estimate of drug-likeness (QED) is 0.286. The van der Waals surface area contributed by atoms with Gasteiger partial charge in [-0.1, -0.05) is 40.2 Å². The van der Waals surface area contributed by atoms with Gasteiger partial charge in [-0.3, -0.25) is 4.57 Å². The van der Waals surface area contributed by atoms with Gasteiger partial charge in [0.15, 0.2) is 0 Å². The van der Waals surface area contributed by atoms with Gasteiger partial charge in [0.2, 0.25) is 6.23 Å². The van der Waals surface area contributed by atoms with E-state index in [4.69, 9.17) is 16.3 Å². The molecule has 1 unspecified atom stereocenters. The molecule has 2 aliphatic rings. The standard InChI is InChI=1S/C23H15BrClFN2OS/c1-2-14-15-9-13(25)5-6-17(15)28-21(14)20-16(26)7-12(24)8-18(20)29-23(28)19-10-27-22(30-19)11-3-4-11/h2,5-11,23H,1,3-4H2. The lowest BCUT2D eigenvalue weighted by atomic mass is 10.0. The van der Waals surface area contributed by atoms with Crippen molar-refractivity contribution in [1.29, 1.82) is 0 Å². The molecule has 150 valence electrons. The van der Waals surface area contributed by atoms with Crippen LogP contribution in [0.25, 0.3) is 28.2 Å². The second-order valence-electron chi connectivity index (χ2n) is 7.60. The number of halogens is 3. The number of rotatable bonds is 3. The van der Waals surface area contributed by atoms with E-state index in [2.05, 4.69) is 27.5 Å². The predicted octanol–water partition coefficient (Wildman–Crippen LogP) is 7.78. The summed E-state index contributed by atoms with van der Waals surface area (Å²) in [6.07, 6.45) is 5.60. The fourth-order valence-electron chi connectivity index (χ4n) is 4.18. The molecule has 7 heteroatoms. The van der Waals surface area contributed by atoms with Crippen LogP contribution in [0.4, 0.5) is 4.39 Å². The third-order valence-corrected chi connectivity index (χ3v) is 7.53. The number of benzene rings is 2. The Morgan fingerprint density at radius 1 is 1.30 bits per heavy atom. The van der Waals surface area contributed by atoms with E-state index in [9.17, 15) is 0 Å². The Bertz CT molecular complexity index is 1360. The summed E-state index contributed by atoms with van der Waals surface area (Å²) < 4.78 is 24.3. The van der Waals surface area contributed by atoms with Gasteiger partial charge in [-0.25, -0.2) is 9.37 Å². The highest BCUT2D eigenvalue weighted by Crippen LogP contribution is 2.50. The SMILES string of the molecule is C=Cc1c2n(c3ccc(Cl)cc13)C(c1cnc(C3CC3)s1)Oc1cc(Br)cc(F)c1-2. The number of nitrogens with zero attached hydrogens (tertiary/aromatic N) is 2. The molecular weight excluding hydrogens is 487 g/mol. The molecular formula is C23H15BrClFN2OS. The van der Waals surface area contributed by atoms with E-state index in [0.717, 1.165) is 32.0 Å². The van der Waals surface area contributed by atoms with E-state index in [1.54, 1.807) is 17.4 Å². The predicted molar refractivity (Wildman–Crippen MR) is 123 cm³/mol. The van der Waals surface area contributed by atoms with Crippen molar-refractivity contribution in [3.05, 3.63) is 73.9 Å². The van der Waals surface area contributed by atoms with Gasteiger partial charge in [-0.05, 0) is 43.2 Å². The van der Waals surface area contributed by atoms with Gasteiger partial charge in [-0.2, -0.15) is 0 Å². The van der Waals surface area contributed by atoms with Crippen LogP contribution in [0.2, 0.25) is 5.02 Å². The molecule has 30 heavy (non-hydrogen) atoms. The second kappa shape index (κ2) is 6.67. The van der Waals surface area contributed by atoms with E-state index in [0.29, 0.717) is 26.7 Å². The largest absolute Gasteiger partial charge is 0.464 e. The average molecular weight is 502 g/mol. The molecule has 0 spiro atoms.